The molecule has 1 aliphatic rings. The summed E-state index contributed by atoms with van der Waals surface area (Å²) in [5, 5.41) is 0.856. The van der Waals surface area contributed by atoms with Crippen molar-refractivity contribution in [2.75, 3.05) is 30.8 Å². The molecule has 102 valence electrons. The summed E-state index contributed by atoms with van der Waals surface area (Å²) in [5.74, 6) is 0.111. The van der Waals surface area contributed by atoms with Crippen LogP contribution in [0.2, 0.25) is 0 Å². The van der Waals surface area contributed by atoms with Gasteiger partial charge in [-0.1, -0.05) is 22.4 Å². The van der Waals surface area contributed by atoms with Gasteiger partial charge in [-0.3, -0.25) is 0 Å². The number of rotatable bonds is 7. The topological polar surface area (TPSA) is 46.6 Å². The lowest BCUT2D eigenvalue weighted by molar-refractivity contribution is 0.161. The van der Waals surface area contributed by atoms with Crippen LogP contribution >= 0.6 is 15.9 Å². The van der Waals surface area contributed by atoms with Crippen LogP contribution in [0.5, 0.6) is 0 Å². The Morgan fingerprint density at radius 3 is 2.82 bits per heavy atom. The lowest BCUT2D eigenvalue weighted by Gasteiger charge is -2.34. The molecule has 0 saturated carbocycles. The Bertz CT molecular complexity index is 306. The van der Waals surface area contributed by atoms with E-state index in [0.717, 1.165) is 31.0 Å². The zero-order chi connectivity index (χ0) is 12.7. The fourth-order valence-electron chi connectivity index (χ4n) is 2.18. The molecule has 0 N–H and O–H groups in total. The molecule has 0 amide bonds. The van der Waals surface area contributed by atoms with Gasteiger partial charge in [-0.25, -0.2) is 8.42 Å². The molecule has 1 saturated heterocycles. The maximum absolute atomic E-state index is 12.2. The molecule has 6 heteroatoms. The van der Waals surface area contributed by atoms with Crippen molar-refractivity contribution in [3.8, 4) is 0 Å². The Labute approximate surface area is 113 Å². The van der Waals surface area contributed by atoms with Crippen LogP contribution in [0.3, 0.4) is 0 Å². The second-order valence-corrected chi connectivity index (χ2v) is 7.09. The van der Waals surface area contributed by atoms with Crippen molar-refractivity contribution < 1.29 is 13.2 Å². The molecule has 0 spiro atoms. The summed E-state index contributed by atoms with van der Waals surface area (Å²) < 4.78 is 31.2. The monoisotopic (exact) mass is 327 g/mol. The van der Waals surface area contributed by atoms with E-state index in [1.165, 1.54) is 0 Å². The van der Waals surface area contributed by atoms with Crippen LogP contribution in [-0.4, -0.2) is 49.6 Å². The van der Waals surface area contributed by atoms with Gasteiger partial charge >= 0.3 is 0 Å². The third-order valence-corrected chi connectivity index (χ3v) is 5.40. The average Bonchev–Trinajstić information content (AvgIpc) is 2.30. The lowest BCUT2D eigenvalue weighted by atomic mass is 10.0. The molecule has 0 aromatic carbocycles. The molecule has 4 nitrogen and oxygen atoms in total. The van der Waals surface area contributed by atoms with Crippen molar-refractivity contribution in [3.05, 3.63) is 0 Å². The van der Waals surface area contributed by atoms with E-state index in [4.69, 9.17) is 4.74 Å². The van der Waals surface area contributed by atoms with E-state index in [0.29, 0.717) is 19.8 Å². The summed E-state index contributed by atoms with van der Waals surface area (Å²) in [6, 6.07) is 0.176. The van der Waals surface area contributed by atoms with Crippen LogP contribution < -0.4 is 0 Å². The van der Waals surface area contributed by atoms with E-state index in [9.17, 15) is 8.42 Å². The van der Waals surface area contributed by atoms with Crippen molar-refractivity contribution in [2.24, 2.45) is 0 Å². The minimum absolute atomic E-state index is 0.111. The number of piperidine rings is 1. The summed E-state index contributed by atoms with van der Waals surface area (Å²) in [4.78, 5) is 0. The number of halogens is 1. The van der Waals surface area contributed by atoms with Gasteiger partial charge in [-0.05, 0) is 26.2 Å². The van der Waals surface area contributed by atoms with Crippen LogP contribution in [0.4, 0.5) is 0 Å². The summed E-state index contributed by atoms with van der Waals surface area (Å²) in [5.41, 5.74) is 0. The average molecular weight is 328 g/mol. The molecule has 1 heterocycles. The zero-order valence-corrected chi connectivity index (χ0v) is 12.8. The van der Waals surface area contributed by atoms with E-state index < -0.39 is 10.0 Å². The number of alkyl halides is 1. The first-order valence-corrected chi connectivity index (χ1v) is 8.98. The third-order valence-electron chi connectivity index (χ3n) is 3.06. The smallest absolute Gasteiger partial charge is 0.216 e. The first kappa shape index (κ1) is 15.4. The van der Waals surface area contributed by atoms with E-state index in [1.807, 2.05) is 6.92 Å². The molecule has 1 aliphatic heterocycles. The van der Waals surface area contributed by atoms with Gasteiger partial charge in [0.1, 0.15) is 0 Å². The van der Waals surface area contributed by atoms with E-state index >= 15 is 0 Å². The van der Waals surface area contributed by atoms with E-state index in [-0.39, 0.29) is 11.8 Å². The molecule has 0 aromatic heterocycles. The molecule has 17 heavy (non-hydrogen) atoms. The Kier molecular flexibility index (Phi) is 6.99. The van der Waals surface area contributed by atoms with Gasteiger partial charge in [-0.2, -0.15) is 4.31 Å². The Balaban J connectivity index is 2.59. The lowest BCUT2D eigenvalue weighted by Crippen LogP contribution is -2.45. The van der Waals surface area contributed by atoms with Gasteiger partial charge in [0.05, 0.1) is 12.4 Å². The highest BCUT2D eigenvalue weighted by molar-refractivity contribution is 9.09. The largest absolute Gasteiger partial charge is 0.381 e. The standard InChI is InChI=1S/C11H22BrNO3S/c1-2-16-9-10-17(14,15)13-8-4-3-5-11(13)6-7-12/h11H,2-10H2,1H3. The third kappa shape index (κ3) is 4.85. The maximum atomic E-state index is 12.2. The minimum Gasteiger partial charge on any atom is -0.381 e. The van der Waals surface area contributed by atoms with Crippen LogP contribution in [0.15, 0.2) is 0 Å². The number of ether oxygens (including phenoxy) is 1. The Morgan fingerprint density at radius 1 is 1.41 bits per heavy atom. The van der Waals surface area contributed by atoms with E-state index in [1.54, 1.807) is 4.31 Å². The SMILES string of the molecule is CCOCCS(=O)(=O)N1CCCCC1CCBr. The summed E-state index contributed by atoms with van der Waals surface area (Å²) in [7, 11) is -3.14. The second kappa shape index (κ2) is 7.71. The number of hydrogen-bond acceptors (Lipinski definition) is 3. The quantitative estimate of drug-likeness (QED) is 0.530. The summed E-state index contributed by atoms with van der Waals surface area (Å²) in [6.45, 7) is 3.42. The summed E-state index contributed by atoms with van der Waals surface area (Å²) >= 11 is 3.40. The predicted molar refractivity (Wildman–Crippen MR) is 73.0 cm³/mol. The van der Waals surface area contributed by atoms with Crippen molar-refractivity contribution in [1.82, 2.24) is 4.31 Å². The molecular formula is C11H22BrNO3S. The Morgan fingerprint density at radius 2 is 2.18 bits per heavy atom. The molecule has 0 radical (unpaired) electrons. The van der Waals surface area contributed by atoms with Gasteiger partial charge < -0.3 is 4.74 Å². The van der Waals surface area contributed by atoms with Gasteiger partial charge in [0.15, 0.2) is 0 Å². The van der Waals surface area contributed by atoms with Gasteiger partial charge in [0.2, 0.25) is 10.0 Å². The highest BCUT2D eigenvalue weighted by Gasteiger charge is 2.31. The van der Waals surface area contributed by atoms with Crippen LogP contribution in [0, 0.1) is 0 Å². The van der Waals surface area contributed by atoms with Crippen molar-refractivity contribution in [2.45, 2.75) is 38.6 Å². The molecule has 0 aromatic rings. The number of nitrogens with zero attached hydrogens (tertiary/aromatic N) is 1. The van der Waals surface area contributed by atoms with Gasteiger partial charge in [0.25, 0.3) is 0 Å². The fourth-order valence-corrected chi connectivity index (χ4v) is 4.34. The van der Waals surface area contributed by atoms with Gasteiger partial charge in [-0.15, -0.1) is 0 Å². The number of hydrogen-bond donors (Lipinski definition) is 0. The normalized spacial score (nSPS) is 22.8. The highest BCUT2D eigenvalue weighted by Crippen LogP contribution is 2.23. The molecule has 1 unspecified atom stereocenters. The first-order valence-electron chi connectivity index (χ1n) is 6.25. The van der Waals surface area contributed by atoms with Crippen LogP contribution in [0.25, 0.3) is 0 Å². The van der Waals surface area contributed by atoms with Crippen LogP contribution in [-0.2, 0) is 14.8 Å². The zero-order valence-electron chi connectivity index (χ0n) is 10.4. The number of sulfonamides is 1. The van der Waals surface area contributed by atoms with Crippen molar-refractivity contribution in [1.29, 1.82) is 0 Å². The second-order valence-electron chi connectivity index (χ2n) is 4.25. The minimum atomic E-state index is -3.14. The fraction of sp³-hybridized carbons (Fsp3) is 1.00. The molecule has 1 atom stereocenters. The van der Waals surface area contributed by atoms with Crippen molar-refractivity contribution >= 4 is 26.0 Å². The first-order chi connectivity index (χ1) is 8.11. The summed E-state index contributed by atoms with van der Waals surface area (Å²) in [6.07, 6.45) is 4.00. The molecular weight excluding hydrogens is 306 g/mol. The molecule has 0 bridgehead atoms. The van der Waals surface area contributed by atoms with E-state index in [2.05, 4.69) is 15.9 Å². The predicted octanol–water partition coefficient (Wildman–Crippen LogP) is 1.99. The highest BCUT2D eigenvalue weighted by atomic mass is 79.9. The molecule has 1 rings (SSSR count). The van der Waals surface area contributed by atoms with Crippen LogP contribution in [0.1, 0.15) is 32.6 Å². The van der Waals surface area contributed by atoms with Crippen molar-refractivity contribution in [3.63, 3.8) is 0 Å². The Hall–Kier alpha value is 0.350. The maximum Gasteiger partial charge on any atom is 0.216 e. The molecule has 0 aliphatic carbocycles. The molecule has 1 fully saturated rings. The van der Waals surface area contributed by atoms with Gasteiger partial charge in [0, 0.05) is 24.5 Å².